The highest BCUT2D eigenvalue weighted by Gasteiger charge is 2.33. The highest BCUT2D eigenvalue weighted by Crippen LogP contribution is 2.30. The summed E-state index contributed by atoms with van der Waals surface area (Å²) in [6.07, 6.45) is 8.86. The maximum absolute atomic E-state index is 6.22. The van der Waals surface area contributed by atoms with Gasteiger partial charge in [0.2, 0.25) is 0 Å². The van der Waals surface area contributed by atoms with Crippen LogP contribution in [0.25, 0.3) is 11.1 Å². The van der Waals surface area contributed by atoms with Crippen LogP contribution in [0.15, 0.2) is 47.3 Å². The number of ether oxygens (including phenoxy) is 1. The van der Waals surface area contributed by atoms with Gasteiger partial charge in [0.25, 0.3) is 0 Å². The number of hydrogen-bond acceptors (Lipinski definition) is 3. The van der Waals surface area contributed by atoms with Crippen molar-refractivity contribution < 1.29 is 9.15 Å². The van der Waals surface area contributed by atoms with Gasteiger partial charge in [-0.25, -0.2) is 0 Å². The van der Waals surface area contributed by atoms with Gasteiger partial charge in [0.15, 0.2) is 0 Å². The zero-order valence-corrected chi connectivity index (χ0v) is 12.1. The van der Waals surface area contributed by atoms with Crippen LogP contribution in [0.1, 0.15) is 31.2 Å². The maximum atomic E-state index is 6.22. The third kappa shape index (κ3) is 2.76. The van der Waals surface area contributed by atoms with E-state index < -0.39 is 0 Å². The first-order valence-electron chi connectivity index (χ1n) is 7.86. The summed E-state index contributed by atoms with van der Waals surface area (Å²) in [5, 5.41) is 3.66. The topological polar surface area (TPSA) is 34.4 Å². The molecule has 4 rings (SSSR count). The van der Waals surface area contributed by atoms with Crippen LogP contribution in [-0.2, 0) is 11.3 Å². The smallest absolute Gasteiger partial charge is 0.0981 e. The van der Waals surface area contributed by atoms with Crippen LogP contribution in [0, 0.1) is 0 Å². The minimum absolute atomic E-state index is 0.404. The number of furan rings is 1. The molecule has 1 aromatic heterocycles. The quantitative estimate of drug-likeness (QED) is 0.928. The largest absolute Gasteiger partial charge is 0.472 e. The van der Waals surface area contributed by atoms with Crippen molar-refractivity contribution in [2.45, 2.75) is 50.5 Å². The predicted octanol–water partition coefficient (Wildman–Crippen LogP) is 3.75. The second kappa shape index (κ2) is 5.66. The Labute approximate surface area is 125 Å². The summed E-state index contributed by atoms with van der Waals surface area (Å²) in [5.41, 5.74) is 3.58. The zero-order chi connectivity index (χ0) is 14.1. The van der Waals surface area contributed by atoms with Crippen LogP contribution in [-0.4, -0.2) is 18.2 Å². The molecule has 0 spiro atoms. The van der Waals surface area contributed by atoms with Gasteiger partial charge >= 0.3 is 0 Å². The Morgan fingerprint density at radius 3 is 2.67 bits per heavy atom. The van der Waals surface area contributed by atoms with Gasteiger partial charge in [0, 0.05) is 17.6 Å². The van der Waals surface area contributed by atoms with E-state index in [1.54, 1.807) is 12.5 Å². The van der Waals surface area contributed by atoms with Gasteiger partial charge in [-0.2, -0.15) is 0 Å². The molecule has 0 aliphatic carbocycles. The van der Waals surface area contributed by atoms with Crippen molar-refractivity contribution in [3.63, 3.8) is 0 Å². The molecule has 0 radical (unpaired) electrons. The number of benzene rings is 1. The first-order chi connectivity index (χ1) is 10.4. The molecular weight excluding hydrogens is 262 g/mol. The highest BCUT2D eigenvalue weighted by molar-refractivity contribution is 5.65. The molecule has 2 aromatic rings. The monoisotopic (exact) mass is 283 g/mol. The van der Waals surface area contributed by atoms with Crippen LogP contribution in [0.2, 0.25) is 0 Å². The molecule has 3 heterocycles. The van der Waals surface area contributed by atoms with E-state index in [0.29, 0.717) is 24.8 Å². The first kappa shape index (κ1) is 13.1. The molecule has 2 saturated heterocycles. The molecule has 2 bridgehead atoms. The molecule has 3 atom stereocenters. The summed E-state index contributed by atoms with van der Waals surface area (Å²) in [6.45, 7) is 0.686. The molecule has 0 amide bonds. The molecule has 21 heavy (non-hydrogen) atoms. The Balaban J connectivity index is 1.45. The number of nitrogens with one attached hydrogen (secondary N) is 1. The number of hydrogen-bond donors (Lipinski definition) is 1. The fourth-order valence-corrected chi connectivity index (χ4v) is 3.69. The van der Waals surface area contributed by atoms with Gasteiger partial charge in [-0.05, 0) is 42.9 Å². The summed E-state index contributed by atoms with van der Waals surface area (Å²) in [4.78, 5) is 0. The lowest BCUT2D eigenvalue weighted by Gasteiger charge is -2.29. The van der Waals surface area contributed by atoms with E-state index in [1.807, 2.05) is 6.07 Å². The maximum Gasteiger partial charge on any atom is 0.0981 e. The molecule has 110 valence electrons. The van der Waals surface area contributed by atoms with Gasteiger partial charge in [0.05, 0.1) is 25.2 Å². The van der Waals surface area contributed by atoms with Crippen molar-refractivity contribution in [2.24, 2.45) is 0 Å². The molecule has 0 saturated carbocycles. The van der Waals surface area contributed by atoms with Crippen LogP contribution >= 0.6 is 0 Å². The number of rotatable bonds is 4. The van der Waals surface area contributed by atoms with E-state index in [9.17, 15) is 0 Å². The molecule has 3 nitrogen and oxygen atoms in total. The minimum Gasteiger partial charge on any atom is -0.472 e. The Hall–Kier alpha value is -1.58. The molecule has 3 heteroatoms. The van der Waals surface area contributed by atoms with Crippen molar-refractivity contribution in [1.29, 1.82) is 0 Å². The van der Waals surface area contributed by atoms with Crippen LogP contribution < -0.4 is 5.32 Å². The fourth-order valence-electron chi connectivity index (χ4n) is 3.69. The average molecular weight is 283 g/mol. The Bertz CT molecular complexity index is 581. The van der Waals surface area contributed by atoms with Gasteiger partial charge in [-0.3, -0.25) is 0 Å². The standard InChI is InChI=1S/C18H21NO2/c1-2-4-18(14-7-8-20-11-14)13(3-1)12-21-17-9-15-5-6-16(10-17)19-15/h1-4,7-8,11,15-17,19H,5-6,9-10,12H2/t15-,16+,17?. The van der Waals surface area contributed by atoms with E-state index in [2.05, 4.69) is 29.6 Å². The Morgan fingerprint density at radius 2 is 1.90 bits per heavy atom. The van der Waals surface area contributed by atoms with Gasteiger partial charge in [-0.15, -0.1) is 0 Å². The summed E-state index contributed by atoms with van der Waals surface area (Å²) in [6, 6.07) is 11.8. The second-order valence-corrected chi connectivity index (χ2v) is 6.21. The van der Waals surface area contributed by atoms with Crippen LogP contribution in [0.5, 0.6) is 0 Å². The van der Waals surface area contributed by atoms with Crippen LogP contribution in [0.4, 0.5) is 0 Å². The summed E-state index contributed by atoms with van der Waals surface area (Å²) < 4.78 is 11.4. The highest BCUT2D eigenvalue weighted by atomic mass is 16.5. The summed E-state index contributed by atoms with van der Waals surface area (Å²) in [7, 11) is 0. The van der Waals surface area contributed by atoms with Gasteiger partial charge in [-0.1, -0.05) is 24.3 Å². The van der Waals surface area contributed by atoms with E-state index in [0.717, 1.165) is 18.4 Å². The molecule has 2 aliphatic rings. The molecule has 1 unspecified atom stereocenters. The number of fused-ring (bicyclic) bond motifs is 2. The lowest BCUT2D eigenvalue weighted by Crippen LogP contribution is -2.41. The average Bonchev–Trinajstić information content (AvgIpc) is 3.15. The Kier molecular flexibility index (Phi) is 3.53. The third-order valence-corrected chi connectivity index (χ3v) is 4.75. The minimum atomic E-state index is 0.404. The van der Waals surface area contributed by atoms with Gasteiger partial charge in [0.1, 0.15) is 0 Å². The third-order valence-electron chi connectivity index (χ3n) is 4.75. The van der Waals surface area contributed by atoms with Crippen molar-refractivity contribution >= 4 is 0 Å². The molecule has 2 aliphatic heterocycles. The Morgan fingerprint density at radius 1 is 1.10 bits per heavy atom. The predicted molar refractivity (Wildman–Crippen MR) is 81.9 cm³/mol. The summed E-state index contributed by atoms with van der Waals surface area (Å²) >= 11 is 0. The summed E-state index contributed by atoms with van der Waals surface area (Å²) in [5.74, 6) is 0. The lowest BCUT2D eigenvalue weighted by atomic mass is 10.0. The van der Waals surface area contributed by atoms with Crippen molar-refractivity contribution in [1.82, 2.24) is 5.32 Å². The molecule has 2 fully saturated rings. The van der Waals surface area contributed by atoms with E-state index in [1.165, 1.54) is 24.0 Å². The molecule has 1 N–H and O–H groups in total. The van der Waals surface area contributed by atoms with E-state index in [-0.39, 0.29) is 0 Å². The van der Waals surface area contributed by atoms with Crippen LogP contribution in [0.3, 0.4) is 0 Å². The lowest BCUT2D eigenvalue weighted by molar-refractivity contribution is 0.00937. The van der Waals surface area contributed by atoms with E-state index >= 15 is 0 Å². The van der Waals surface area contributed by atoms with Crippen molar-refractivity contribution in [3.8, 4) is 11.1 Å². The van der Waals surface area contributed by atoms with Crippen molar-refractivity contribution in [3.05, 3.63) is 48.4 Å². The van der Waals surface area contributed by atoms with Gasteiger partial charge < -0.3 is 14.5 Å². The molecule has 1 aromatic carbocycles. The fraction of sp³-hybridized carbons (Fsp3) is 0.444. The van der Waals surface area contributed by atoms with Crippen molar-refractivity contribution in [2.75, 3.05) is 0 Å². The normalized spacial score (nSPS) is 27.9. The zero-order valence-electron chi connectivity index (χ0n) is 12.1. The second-order valence-electron chi connectivity index (χ2n) is 6.21. The SMILES string of the molecule is c1ccc(-c2ccoc2)c(COC2C[C@H]3CC[C@@H](C2)N3)c1. The van der Waals surface area contributed by atoms with E-state index in [4.69, 9.17) is 9.15 Å². The number of piperidine rings is 1. The first-order valence-corrected chi connectivity index (χ1v) is 7.86. The molecular formula is C18H21NO2.